The van der Waals surface area contributed by atoms with Crippen molar-refractivity contribution < 1.29 is 46.1 Å². The van der Waals surface area contributed by atoms with Gasteiger partial charge in [-0.2, -0.15) is 13.2 Å². The molecule has 0 radical (unpaired) electrons. The molecule has 2 aromatic carbocycles. The molecule has 0 heterocycles. The summed E-state index contributed by atoms with van der Waals surface area (Å²) in [7, 11) is 0. The highest BCUT2D eigenvalue weighted by molar-refractivity contribution is 5.78. The number of hydrogen-bond acceptors (Lipinski definition) is 5. The lowest BCUT2D eigenvalue weighted by Gasteiger charge is -2.13. The zero-order chi connectivity index (χ0) is 24.4. The van der Waals surface area contributed by atoms with E-state index in [0.29, 0.717) is 17.9 Å². The number of ether oxygens (including phenoxy) is 2. The molecule has 0 bridgehead atoms. The van der Waals surface area contributed by atoms with Crippen LogP contribution in [0.4, 0.5) is 22.0 Å². The van der Waals surface area contributed by atoms with E-state index in [1.165, 1.54) is 24.3 Å². The maximum Gasteiger partial charge on any atom is 0.419 e. The van der Waals surface area contributed by atoms with Crippen molar-refractivity contribution in [3.05, 3.63) is 59.7 Å². The second-order valence-corrected chi connectivity index (χ2v) is 6.77. The van der Waals surface area contributed by atoms with E-state index >= 15 is 0 Å². The molecule has 1 unspecified atom stereocenters. The van der Waals surface area contributed by atoms with Gasteiger partial charge in [-0.25, -0.2) is 8.78 Å². The number of benzene rings is 2. The van der Waals surface area contributed by atoms with E-state index < -0.39 is 47.9 Å². The van der Waals surface area contributed by atoms with Crippen LogP contribution in [0.5, 0.6) is 11.5 Å². The van der Waals surface area contributed by atoms with Crippen molar-refractivity contribution >= 4 is 11.8 Å². The van der Waals surface area contributed by atoms with Gasteiger partial charge in [0.25, 0.3) is 11.8 Å². The predicted molar refractivity (Wildman–Crippen MR) is 105 cm³/mol. The fourth-order valence-corrected chi connectivity index (χ4v) is 2.46. The maximum atomic E-state index is 13.5. The lowest BCUT2D eigenvalue weighted by Crippen LogP contribution is -2.37. The number of carbonyl (C=O) groups excluding carboxylic acids is 2. The zero-order valence-electron chi connectivity index (χ0n) is 17.1. The molecule has 2 aromatic rings. The first-order valence-corrected chi connectivity index (χ1v) is 9.64. The van der Waals surface area contributed by atoms with Crippen LogP contribution in [0, 0.1) is 11.6 Å². The molecule has 180 valence electrons. The smallest absolute Gasteiger partial charge is 0.419 e. The summed E-state index contributed by atoms with van der Waals surface area (Å²) in [4.78, 5) is 23.4. The Morgan fingerprint density at radius 2 is 1.48 bits per heavy atom. The summed E-state index contributed by atoms with van der Waals surface area (Å²) in [6.07, 6.45) is -5.74. The molecule has 0 aromatic heterocycles. The van der Waals surface area contributed by atoms with Gasteiger partial charge in [0.05, 0.1) is 11.7 Å². The Morgan fingerprint density at radius 3 is 2.09 bits per heavy atom. The van der Waals surface area contributed by atoms with E-state index in [1.54, 1.807) is 0 Å². The normalized spacial score (nSPS) is 12.1. The highest BCUT2D eigenvalue weighted by Gasteiger charge is 2.34. The van der Waals surface area contributed by atoms with E-state index in [0.717, 1.165) is 6.07 Å². The number of aliphatic hydroxyl groups excluding tert-OH is 1. The van der Waals surface area contributed by atoms with Crippen molar-refractivity contribution in [3.8, 4) is 11.5 Å². The van der Waals surface area contributed by atoms with Gasteiger partial charge < -0.3 is 25.2 Å². The Morgan fingerprint density at radius 1 is 0.909 bits per heavy atom. The molecule has 0 aliphatic heterocycles. The van der Waals surface area contributed by atoms with Crippen molar-refractivity contribution in [2.45, 2.75) is 18.7 Å². The van der Waals surface area contributed by atoms with Gasteiger partial charge in [-0.1, -0.05) is 0 Å². The summed E-state index contributed by atoms with van der Waals surface area (Å²) in [6, 6.07) is 7.01. The molecule has 0 saturated heterocycles. The lowest BCUT2D eigenvalue weighted by atomic mass is 10.2. The minimum atomic E-state index is -4.84. The third-order valence-corrected chi connectivity index (χ3v) is 4.13. The minimum absolute atomic E-state index is 0.0205. The third-order valence-electron chi connectivity index (χ3n) is 4.13. The Labute approximate surface area is 185 Å². The average Bonchev–Trinajstić information content (AvgIpc) is 2.75. The molecule has 0 fully saturated rings. The van der Waals surface area contributed by atoms with Gasteiger partial charge in [0.2, 0.25) is 0 Å². The summed E-state index contributed by atoms with van der Waals surface area (Å²) >= 11 is 0. The van der Waals surface area contributed by atoms with Crippen molar-refractivity contribution in [2.75, 3.05) is 26.3 Å². The largest absolute Gasteiger partial charge is 0.484 e. The molecule has 0 aliphatic carbocycles. The average molecular weight is 476 g/mol. The van der Waals surface area contributed by atoms with E-state index in [4.69, 9.17) is 9.47 Å². The van der Waals surface area contributed by atoms with Gasteiger partial charge >= 0.3 is 6.18 Å². The molecule has 0 spiro atoms. The summed E-state index contributed by atoms with van der Waals surface area (Å²) in [5, 5.41) is 14.7. The monoisotopic (exact) mass is 476 g/mol. The third kappa shape index (κ3) is 9.31. The van der Waals surface area contributed by atoms with Gasteiger partial charge in [0.15, 0.2) is 13.2 Å². The standard InChI is InChI=1S/C21H21F5N2O5/c22-13-1-3-15(4-2-13)32-12-20(31)28-10-14(29)7-8-27-19(30)11-33-16-5-6-17(18(23)9-16)21(24,25)26/h1-6,9,14,29H,7-8,10-12H2,(H,27,30)(H,28,31). The molecular formula is C21H21F5N2O5. The number of rotatable bonds is 11. The van der Waals surface area contributed by atoms with Crippen molar-refractivity contribution in [1.82, 2.24) is 10.6 Å². The molecule has 0 saturated carbocycles. The summed E-state index contributed by atoms with van der Waals surface area (Å²) in [5.41, 5.74) is -1.44. The molecule has 3 N–H and O–H groups in total. The quantitative estimate of drug-likeness (QED) is 0.433. The Kier molecular flexibility index (Phi) is 9.40. The molecule has 2 rings (SSSR count). The summed E-state index contributed by atoms with van der Waals surface area (Å²) in [6.45, 7) is -0.995. The van der Waals surface area contributed by atoms with Gasteiger partial charge in [-0.05, 0) is 42.8 Å². The fraction of sp³-hybridized carbons (Fsp3) is 0.333. The molecule has 7 nitrogen and oxygen atoms in total. The molecule has 33 heavy (non-hydrogen) atoms. The van der Waals surface area contributed by atoms with E-state index in [-0.39, 0.29) is 31.9 Å². The van der Waals surface area contributed by atoms with Gasteiger partial charge in [-0.3, -0.25) is 9.59 Å². The van der Waals surface area contributed by atoms with Crippen LogP contribution in [0.25, 0.3) is 0 Å². The Balaban J connectivity index is 1.60. The van der Waals surface area contributed by atoms with Crippen LogP contribution in [0.15, 0.2) is 42.5 Å². The Bertz CT molecular complexity index is 938. The second-order valence-electron chi connectivity index (χ2n) is 6.77. The Hall–Kier alpha value is -3.41. The number of amides is 2. The van der Waals surface area contributed by atoms with Crippen LogP contribution < -0.4 is 20.1 Å². The minimum Gasteiger partial charge on any atom is -0.484 e. The first-order chi connectivity index (χ1) is 15.5. The second kappa shape index (κ2) is 12.0. The predicted octanol–water partition coefficient (Wildman–Crippen LogP) is 2.42. The number of halogens is 5. The summed E-state index contributed by atoms with van der Waals surface area (Å²) in [5.74, 6) is -3.06. The number of hydrogen-bond donors (Lipinski definition) is 3. The van der Waals surface area contributed by atoms with Crippen molar-refractivity contribution in [3.63, 3.8) is 0 Å². The highest BCUT2D eigenvalue weighted by atomic mass is 19.4. The first-order valence-electron chi connectivity index (χ1n) is 9.64. The highest BCUT2D eigenvalue weighted by Crippen LogP contribution is 2.32. The number of nitrogens with one attached hydrogen (secondary N) is 2. The van der Waals surface area contributed by atoms with Crippen LogP contribution >= 0.6 is 0 Å². The van der Waals surface area contributed by atoms with Gasteiger partial charge in [-0.15, -0.1) is 0 Å². The zero-order valence-corrected chi connectivity index (χ0v) is 17.1. The molecule has 2 amide bonds. The topological polar surface area (TPSA) is 96.9 Å². The van der Waals surface area contributed by atoms with E-state index in [9.17, 15) is 36.6 Å². The number of alkyl halides is 3. The molecule has 0 aliphatic rings. The van der Waals surface area contributed by atoms with Crippen LogP contribution in [-0.2, 0) is 15.8 Å². The van der Waals surface area contributed by atoms with Gasteiger partial charge in [0.1, 0.15) is 23.1 Å². The fourth-order valence-electron chi connectivity index (χ4n) is 2.46. The number of carbonyl (C=O) groups is 2. The first kappa shape index (κ1) is 25.8. The van der Waals surface area contributed by atoms with Crippen molar-refractivity contribution in [1.29, 1.82) is 0 Å². The number of aliphatic hydroxyl groups is 1. The van der Waals surface area contributed by atoms with Crippen molar-refractivity contribution in [2.24, 2.45) is 0 Å². The molecular weight excluding hydrogens is 455 g/mol. The van der Waals surface area contributed by atoms with Crippen LogP contribution in [-0.4, -0.2) is 49.3 Å². The lowest BCUT2D eigenvalue weighted by molar-refractivity contribution is -0.140. The van der Waals surface area contributed by atoms with Crippen LogP contribution in [0.1, 0.15) is 12.0 Å². The maximum absolute atomic E-state index is 13.5. The van der Waals surface area contributed by atoms with Crippen LogP contribution in [0.3, 0.4) is 0 Å². The van der Waals surface area contributed by atoms with E-state index in [1.807, 2.05) is 0 Å². The van der Waals surface area contributed by atoms with Crippen LogP contribution in [0.2, 0.25) is 0 Å². The van der Waals surface area contributed by atoms with E-state index in [2.05, 4.69) is 10.6 Å². The molecule has 12 heteroatoms. The molecule has 1 atom stereocenters. The summed E-state index contributed by atoms with van der Waals surface area (Å²) < 4.78 is 73.9. The van der Waals surface area contributed by atoms with Gasteiger partial charge in [0, 0.05) is 19.2 Å². The SMILES string of the molecule is O=C(COc1ccc(C(F)(F)F)c(F)c1)NCCC(O)CNC(=O)COc1ccc(F)cc1.